The SMILES string of the molecule is CC1(C)c2cc(-c3ccccc3)ccc2-c2ccc(-c3ccc(N(c4ccc(-c5ccccc5)cc4)c4ccc(-c5ccc([Si](c6ccccc6)(c6ccccc6)c6ccccc6)cc5)cc4)cc3)cc21. The van der Waals surface area contributed by atoms with E-state index in [0.717, 1.165) is 17.1 Å². The molecule has 2 heteroatoms. The minimum absolute atomic E-state index is 0.124. The van der Waals surface area contributed by atoms with Crippen molar-refractivity contribution < 1.29 is 0 Å². The second-order valence-electron chi connectivity index (χ2n) is 19.3. The zero-order valence-corrected chi connectivity index (χ0v) is 41.1. The van der Waals surface area contributed by atoms with Crippen molar-refractivity contribution in [2.75, 3.05) is 4.90 Å². The lowest BCUT2D eigenvalue weighted by Crippen LogP contribution is -2.74. The van der Waals surface area contributed by atoms with Crippen LogP contribution >= 0.6 is 0 Å². The molecular formula is C69H53NSi. The molecule has 0 saturated heterocycles. The van der Waals surface area contributed by atoms with Crippen LogP contribution in [0.3, 0.4) is 0 Å². The fourth-order valence-corrected chi connectivity index (χ4v) is 15.9. The van der Waals surface area contributed by atoms with Gasteiger partial charge in [0.2, 0.25) is 0 Å². The summed E-state index contributed by atoms with van der Waals surface area (Å²) in [5, 5.41) is 5.49. The van der Waals surface area contributed by atoms with E-state index < -0.39 is 8.07 Å². The van der Waals surface area contributed by atoms with Crippen molar-refractivity contribution in [3.05, 3.63) is 296 Å². The summed E-state index contributed by atoms with van der Waals surface area (Å²) >= 11 is 0. The largest absolute Gasteiger partial charge is 0.311 e. The third-order valence-electron chi connectivity index (χ3n) is 14.9. The van der Waals surface area contributed by atoms with E-state index in [0.29, 0.717) is 0 Å². The predicted octanol–water partition coefficient (Wildman–Crippen LogP) is 15.5. The molecule has 0 saturated carbocycles. The van der Waals surface area contributed by atoms with Crippen LogP contribution in [0, 0.1) is 0 Å². The molecule has 0 heterocycles. The molecule has 71 heavy (non-hydrogen) atoms. The quantitative estimate of drug-likeness (QED) is 0.0923. The van der Waals surface area contributed by atoms with Gasteiger partial charge in [-0.2, -0.15) is 0 Å². The molecule has 1 aliphatic carbocycles. The molecule has 338 valence electrons. The fourth-order valence-electron chi connectivity index (χ4n) is 11.2. The molecule has 11 aromatic rings. The van der Waals surface area contributed by atoms with Crippen LogP contribution in [0.4, 0.5) is 17.1 Å². The van der Waals surface area contributed by atoms with Gasteiger partial charge < -0.3 is 4.90 Å². The summed E-state index contributed by atoms with van der Waals surface area (Å²) in [6.07, 6.45) is 0. The maximum Gasteiger partial charge on any atom is 0.179 e. The highest BCUT2D eigenvalue weighted by molar-refractivity contribution is 7.19. The Morgan fingerprint density at radius 2 is 0.507 bits per heavy atom. The molecule has 0 radical (unpaired) electrons. The van der Waals surface area contributed by atoms with Crippen LogP contribution in [0.15, 0.2) is 285 Å². The third kappa shape index (κ3) is 7.93. The number of hydrogen-bond acceptors (Lipinski definition) is 1. The summed E-state index contributed by atoms with van der Waals surface area (Å²) < 4.78 is 0. The van der Waals surface area contributed by atoms with Crippen molar-refractivity contribution in [1.82, 2.24) is 0 Å². The van der Waals surface area contributed by atoms with Gasteiger partial charge in [-0.1, -0.05) is 250 Å². The molecule has 12 rings (SSSR count). The minimum atomic E-state index is -2.62. The second kappa shape index (κ2) is 18.4. The van der Waals surface area contributed by atoms with Gasteiger partial charge in [0.05, 0.1) is 0 Å². The first-order valence-electron chi connectivity index (χ1n) is 24.7. The van der Waals surface area contributed by atoms with Gasteiger partial charge in [-0.15, -0.1) is 0 Å². The molecule has 0 unspecified atom stereocenters. The lowest BCUT2D eigenvalue weighted by Gasteiger charge is -2.34. The molecule has 0 aliphatic heterocycles. The van der Waals surface area contributed by atoms with Gasteiger partial charge in [0, 0.05) is 22.5 Å². The zero-order chi connectivity index (χ0) is 47.8. The summed E-state index contributed by atoms with van der Waals surface area (Å²) in [5.74, 6) is 0. The molecular weight excluding hydrogens is 871 g/mol. The molecule has 0 fully saturated rings. The summed E-state index contributed by atoms with van der Waals surface area (Å²) in [4.78, 5) is 2.37. The van der Waals surface area contributed by atoms with Crippen LogP contribution in [0.5, 0.6) is 0 Å². The number of benzene rings is 11. The standard InChI is InChI=1S/C69H53NSi/c1-69(2)67-48-56(51-20-10-4-11-21-51)36-46-65(67)66-47-37-57(49-68(66)69)55-32-42-60(43-33-55)70(58-38-28-52(29-39-58)50-18-8-3-9-19-50)59-40-30-53(31-41-59)54-34-44-64(45-35-54)71(61-22-12-5-13-23-61,62-24-14-6-15-25-62)63-26-16-7-17-27-63/h3-49H,1-2H3. The van der Waals surface area contributed by atoms with Crippen LogP contribution in [-0.4, -0.2) is 8.07 Å². The Morgan fingerprint density at radius 3 is 0.859 bits per heavy atom. The Bertz CT molecular complexity index is 3490. The van der Waals surface area contributed by atoms with Crippen molar-refractivity contribution in [1.29, 1.82) is 0 Å². The maximum atomic E-state index is 2.42. The number of nitrogens with zero attached hydrogens (tertiary/aromatic N) is 1. The van der Waals surface area contributed by atoms with Crippen molar-refractivity contribution in [2.24, 2.45) is 0 Å². The zero-order valence-electron chi connectivity index (χ0n) is 40.1. The Hall–Kier alpha value is -8.56. The Morgan fingerprint density at radius 1 is 0.254 bits per heavy atom. The normalized spacial score (nSPS) is 12.5. The first kappa shape index (κ1) is 43.7. The van der Waals surface area contributed by atoms with Crippen LogP contribution in [0.25, 0.3) is 55.6 Å². The van der Waals surface area contributed by atoms with E-state index >= 15 is 0 Å². The monoisotopic (exact) mass is 923 g/mol. The Labute approximate surface area is 419 Å². The summed E-state index contributed by atoms with van der Waals surface area (Å²) in [5.41, 5.74) is 18.3. The van der Waals surface area contributed by atoms with Crippen molar-refractivity contribution in [3.8, 4) is 55.6 Å². The smallest absolute Gasteiger partial charge is 0.179 e. The molecule has 0 spiro atoms. The van der Waals surface area contributed by atoms with Crippen LogP contribution in [-0.2, 0) is 5.41 Å². The molecule has 1 aliphatic rings. The Balaban J connectivity index is 0.877. The molecule has 0 amide bonds. The van der Waals surface area contributed by atoms with Gasteiger partial charge in [0.25, 0.3) is 0 Å². The molecule has 0 bridgehead atoms. The topological polar surface area (TPSA) is 3.24 Å². The van der Waals surface area contributed by atoms with E-state index in [4.69, 9.17) is 0 Å². The van der Waals surface area contributed by atoms with Gasteiger partial charge in [-0.25, -0.2) is 0 Å². The summed E-state index contributed by atoms with van der Waals surface area (Å²) in [7, 11) is -2.62. The highest BCUT2D eigenvalue weighted by atomic mass is 28.3. The number of anilines is 3. The minimum Gasteiger partial charge on any atom is -0.311 e. The lowest BCUT2D eigenvalue weighted by molar-refractivity contribution is 0.661. The van der Waals surface area contributed by atoms with Crippen LogP contribution < -0.4 is 25.6 Å². The summed E-state index contributed by atoms with van der Waals surface area (Å²) in [6.45, 7) is 4.74. The average Bonchev–Trinajstić information content (AvgIpc) is 3.67. The molecule has 11 aromatic carbocycles. The fraction of sp³-hybridized carbons (Fsp3) is 0.0435. The lowest BCUT2D eigenvalue weighted by atomic mass is 9.81. The number of fused-ring (bicyclic) bond motifs is 3. The number of rotatable bonds is 11. The number of hydrogen-bond donors (Lipinski definition) is 0. The highest BCUT2D eigenvalue weighted by Crippen LogP contribution is 2.51. The van der Waals surface area contributed by atoms with E-state index in [1.807, 2.05) is 0 Å². The van der Waals surface area contributed by atoms with Gasteiger partial charge in [0.15, 0.2) is 8.07 Å². The maximum absolute atomic E-state index is 2.62. The molecule has 0 N–H and O–H groups in total. The van der Waals surface area contributed by atoms with Gasteiger partial charge in [0.1, 0.15) is 0 Å². The molecule has 0 aromatic heterocycles. The van der Waals surface area contributed by atoms with E-state index in [9.17, 15) is 0 Å². The summed E-state index contributed by atoms with van der Waals surface area (Å²) in [6, 6.07) is 105. The average molecular weight is 924 g/mol. The first-order valence-corrected chi connectivity index (χ1v) is 26.7. The Kier molecular flexibility index (Phi) is 11.3. The van der Waals surface area contributed by atoms with Crippen molar-refractivity contribution >= 4 is 45.9 Å². The van der Waals surface area contributed by atoms with Gasteiger partial charge in [-0.05, 0) is 136 Å². The van der Waals surface area contributed by atoms with E-state index in [-0.39, 0.29) is 5.41 Å². The van der Waals surface area contributed by atoms with E-state index in [1.165, 1.54) is 87.5 Å². The molecule has 1 nitrogen and oxygen atoms in total. The van der Waals surface area contributed by atoms with E-state index in [2.05, 4.69) is 304 Å². The predicted molar refractivity (Wildman–Crippen MR) is 304 cm³/mol. The van der Waals surface area contributed by atoms with E-state index in [1.54, 1.807) is 0 Å². The van der Waals surface area contributed by atoms with Crippen molar-refractivity contribution in [3.63, 3.8) is 0 Å². The third-order valence-corrected chi connectivity index (χ3v) is 19.7. The van der Waals surface area contributed by atoms with Crippen LogP contribution in [0.2, 0.25) is 0 Å². The molecule has 0 atom stereocenters. The van der Waals surface area contributed by atoms with Gasteiger partial charge >= 0.3 is 0 Å². The van der Waals surface area contributed by atoms with Crippen LogP contribution in [0.1, 0.15) is 25.0 Å². The highest BCUT2D eigenvalue weighted by Gasteiger charge is 2.41. The first-order chi connectivity index (χ1) is 34.9. The second-order valence-corrected chi connectivity index (χ2v) is 23.1. The van der Waals surface area contributed by atoms with Crippen molar-refractivity contribution in [2.45, 2.75) is 19.3 Å². The van der Waals surface area contributed by atoms with Gasteiger partial charge in [-0.3, -0.25) is 0 Å².